The van der Waals surface area contributed by atoms with Gasteiger partial charge < -0.3 is 4.57 Å². The SMILES string of the molecule is Cn1c(I)cnc1C=CS. The molecule has 0 aliphatic rings. The third kappa shape index (κ3) is 1.54. The summed E-state index contributed by atoms with van der Waals surface area (Å²) in [5.41, 5.74) is 0. The number of imidazole rings is 1. The van der Waals surface area contributed by atoms with Gasteiger partial charge in [-0.3, -0.25) is 0 Å². The van der Waals surface area contributed by atoms with E-state index in [1.807, 2.05) is 23.9 Å². The minimum Gasteiger partial charge on any atom is -0.323 e. The van der Waals surface area contributed by atoms with Crippen molar-refractivity contribution in [1.82, 2.24) is 9.55 Å². The van der Waals surface area contributed by atoms with E-state index in [2.05, 4.69) is 40.2 Å². The summed E-state index contributed by atoms with van der Waals surface area (Å²) >= 11 is 6.18. The number of hydrogen-bond acceptors (Lipinski definition) is 2. The first-order valence-corrected chi connectivity index (χ1v) is 4.33. The van der Waals surface area contributed by atoms with Crippen molar-refractivity contribution in [2.75, 3.05) is 0 Å². The molecule has 0 atom stereocenters. The smallest absolute Gasteiger partial charge is 0.133 e. The summed E-state index contributed by atoms with van der Waals surface area (Å²) < 4.78 is 3.12. The predicted molar refractivity (Wildman–Crippen MR) is 53.9 cm³/mol. The van der Waals surface area contributed by atoms with E-state index in [0.29, 0.717) is 0 Å². The highest BCUT2D eigenvalue weighted by molar-refractivity contribution is 14.1. The van der Waals surface area contributed by atoms with Crippen LogP contribution < -0.4 is 0 Å². The first-order chi connectivity index (χ1) is 4.75. The molecular formula is C6H7IN2S. The van der Waals surface area contributed by atoms with Gasteiger partial charge in [-0.05, 0) is 34.1 Å². The molecule has 1 rings (SSSR count). The van der Waals surface area contributed by atoms with Crippen molar-refractivity contribution < 1.29 is 0 Å². The molecule has 0 spiro atoms. The van der Waals surface area contributed by atoms with E-state index in [9.17, 15) is 0 Å². The Morgan fingerprint density at radius 3 is 2.90 bits per heavy atom. The lowest BCUT2D eigenvalue weighted by molar-refractivity contribution is 0.874. The van der Waals surface area contributed by atoms with Crippen LogP contribution in [-0.4, -0.2) is 9.55 Å². The highest BCUT2D eigenvalue weighted by Crippen LogP contribution is 2.07. The average molecular weight is 266 g/mol. The molecule has 0 aromatic carbocycles. The van der Waals surface area contributed by atoms with Gasteiger partial charge in [0.05, 0.1) is 9.90 Å². The van der Waals surface area contributed by atoms with E-state index in [4.69, 9.17) is 0 Å². The Morgan fingerprint density at radius 2 is 2.50 bits per heavy atom. The van der Waals surface area contributed by atoms with Gasteiger partial charge in [0.15, 0.2) is 0 Å². The van der Waals surface area contributed by atoms with Crippen molar-refractivity contribution in [3.05, 3.63) is 21.1 Å². The summed E-state index contributed by atoms with van der Waals surface area (Å²) in [4.78, 5) is 4.12. The predicted octanol–water partition coefficient (Wildman–Crippen LogP) is 1.93. The molecule has 2 nitrogen and oxygen atoms in total. The van der Waals surface area contributed by atoms with E-state index in [1.54, 1.807) is 5.41 Å². The Kier molecular flexibility index (Phi) is 2.79. The van der Waals surface area contributed by atoms with Crippen LogP contribution in [0.1, 0.15) is 5.82 Å². The van der Waals surface area contributed by atoms with Gasteiger partial charge in [0.25, 0.3) is 0 Å². The second-order valence-electron chi connectivity index (χ2n) is 1.81. The Balaban J connectivity index is 3.05. The van der Waals surface area contributed by atoms with Crippen molar-refractivity contribution in [3.8, 4) is 0 Å². The van der Waals surface area contributed by atoms with Gasteiger partial charge in [-0.15, -0.1) is 0 Å². The summed E-state index contributed by atoms with van der Waals surface area (Å²) in [5.74, 6) is 0.930. The molecule has 4 heteroatoms. The lowest BCUT2D eigenvalue weighted by Gasteiger charge is -1.94. The first kappa shape index (κ1) is 8.13. The quantitative estimate of drug-likeness (QED) is 0.607. The number of nitrogens with zero attached hydrogens (tertiary/aromatic N) is 2. The topological polar surface area (TPSA) is 17.8 Å². The molecule has 0 saturated heterocycles. The Bertz CT molecular complexity index is 254. The summed E-state index contributed by atoms with van der Waals surface area (Å²) in [5, 5.41) is 1.68. The number of halogens is 1. The van der Waals surface area contributed by atoms with Gasteiger partial charge in [0.1, 0.15) is 5.82 Å². The molecular weight excluding hydrogens is 259 g/mol. The van der Waals surface area contributed by atoms with Gasteiger partial charge in [-0.25, -0.2) is 4.98 Å². The van der Waals surface area contributed by atoms with Crippen LogP contribution in [0, 0.1) is 3.70 Å². The minimum atomic E-state index is 0.930. The molecule has 0 unspecified atom stereocenters. The van der Waals surface area contributed by atoms with E-state index in [-0.39, 0.29) is 0 Å². The van der Waals surface area contributed by atoms with E-state index < -0.39 is 0 Å². The second-order valence-corrected chi connectivity index (χ2v) is 3.22. The molecule has 0 bridgehead atoms. The highest BCUT2D eigenvalue weighted by atomic mass is 127. The largest absolute Gasteiger partial charge is 0.323 e. The third-order valence-electron chi connectivity index (χ3n) is 1.19. The van der Waals surface area contributed by atoms with E-state index >= 15 is 0 Å². The molecule has 10 heavy (non-hydrogen) atoms. The maximum Gasteiger partial charge on any atom is 0.133 e. The molecule has 1 heterocycles. The molecule has 54 valence electrons. The highest BCUT2D eigenvalue weighted by Gasteiger charge is 1.97. The zero-order chi connectivity index (χ0) is 7.56. The Hall–Kier alpha value is 0.0300. The molecule has 0 N–H and O–H groups in total. The van der Waals surface area contributed by atoms with Gasteiger partial charge >= 0.3 is 0 Å². The van der Waals surface area contributed by atoms with Crippen LogP contribution in [0.2, 0.25) is 0 Å². The zero-order valence-corrected chi connectivity index (χ0v) is 8.50. The van der Waals surface area contributed by atoms with Crippen molar-refractivity contribution >= 4 is 41.3 Å². The average Bonchev–Trinajstić information content (AvgIpc) is 2.20. The molecule has 1 aromatic heterocycles. The minimum absolute atomic E-state index is 0.930. The van der Waals surface area contributed by atoms with Crippen LogP contribution in [0.15, 0.2) is 11.6 Å². The monoisotopic (exact) mass is 266 g/mol. The molecule has 0 aliphatic heterocycles. The molecule has 0 radical (unpaired) electrons. The second kappa shape index (κ2) is 3.43. The Labute approximate surface area is 78.9 Å². The molecule has 0 saturated carbocycles. The van der Waals surface area contributed by atoms with Gasteiger partial charge in [-0.1, -0.05) is 0 Å². The summed E-state index contributed by atoms with van der Waals surface area (Å²) in [7, 11) is 1.97. The van der Waals surface area contributed by atoms with Crippen molar-refractivity contribution in [2.24, 2.45) is 7.05 Å². The number of rotatable bonds is 1. The van der Waals surface area contributed by atoms with Gasteiger partial charge in [0, 0.05) is 7.05 Å². The molecule has 0 fully saturated rings. The molecule has 1 aromatic rings. The molecule has 0 aliphatic carbocycles. The van der Waals surface area contributed by atoms with Crippen LogP contribution in [0.25, 0.3) is 6.08 Å². The lowest BCUT2D eigenvalue weighted by Crippen LogP contribution is -1.92. The third-order valence-corrected chi connectivity index (χ3v) is 2.34. The maximum absolute atomic E-state index is 4.12. The van der Waals surface area contributed by atoms with E-state index in [1.165, 1.54) is 0 Å². The number of thiol groups is 1. The fraction of sp³-hybridized carbons (Fsp3) is 0.167. The van der Waals surface area contributed by atoms with Crippen molar-refractivity contribution in [1.29, 1.82) is 0 Å². The fourth-order valence-electron chi connectivity index (χ4n) is 0.624. The fourth-order valence-corrected chi connectivity index (χ4v) is 1.14. The van der Waals surface area contributed by atoms with Gasteiger partial charge in [0.2, 0.25) is 0 Å². The number of hydrogen-bond donors (Lipinski definition) is 1. The first-order valence-electron chi connectivity index (χ1n) is 2.73. The van der Waals surface area contributed by atoms with Crippen molar-refractivity contribution in [3.63, 3.8) is 0 Å². The van der Waals surface area contributed by atoms with Crippen LogP contribution >= 0.6 is 35.2 Å². The maximum atomic E-state index is 4.12. The summed E-state index contributed by atoms with van der Waals surface area (Å²) in [6.45, 7) is 0. The lowest BCUT2D eigenvalue weighted by atomic mass is 10.6. The Morgan fingerprint density at radius 1 is 1.80 bits per heavy atom. The van der Waals surface area contributed by atoms with Crippen LogP contribution in [-0.2, 0) is 7.05 Å². The van der Waals surface area contributed by atoms with E-state index in [0.717, 1.165) is 9.53 Å². The normalized spacial score (nSPS) is 11.1. The standard InChI is InChI=1S/C6H7IN2S/c1-9-5(7)4-8-6(9)2-3-10/h2-4,10H,1H3. The summed E-state index contributed by atoms with van der Waals surface area (Å²) in [6, 6.07) is 0. The molecule has 0 amide bonds. The summed E-state index contributed by atoms with van der Waals surface area (Å²) in [6.07, 6.45) is 3.68. The van der Waals surface area contributed by atoms with Crippen LogP contribution in [0.4, 0.5) is 0 Å². The number of aromatic nitrogens is 2. The van der Waals surface area contributed by atoms with Crippen LogP contribution in [0.5, 0.6) is 0 Å². The zero-order valence-electron chi connectivity index (χ0n) is 5.45. The van der Waals surface area contributed by atoms with Crippen molar-refractivity contribution in [2.45, 2.75) is 0 Å². The van der Waals surface area contributed by atoms with Gasteiger partial charge in [-0.2, -0.15) is 12.6 Å². The van der Waals surface area contributed by atoms with Crippen LogP contribution in [0.3, 0.4) is 0 Å².